The second-order valence-corrected chi connectivity index (χ2v) is 4.44. The Hall–Kier alpha value is -2.45. The van der Waals surface area contributed by atoms with Gasteiger partial charge in [0.2, 0.25) is 0 Å². The number of anilines is 1. The average molecular weight is 299 g/mol. The molecule has 0 radical (unpaired) electrons. The molecule has 0 unspecified atom stereocenters. The maximum absolute atomic E-state index is 12.7. The SMILES string of the molecule is Cc1cnc(C(=O)Nc2c(C)c(C(F)(F)F)nn2C)cn1. The van der Waals surface area contributed by atoms with Crippen molar-refractivity contribution in [2.75, 3.05) is 5.32 Å². The minimum Gasteiger partial charge on any atom is -0.305 e. The quantitative estimate of drug-likeness (QED) is 0.921. The Morgan fingerprint density at radius 2 is 1.90 bits per heavy atom. The van der Waals surface area contributed by atoms with Crippen LogP contribution in [0.4, 0.5) is 19.0 Å². The van der Waals surface area contributed by atoms with E-state index in [-0.39, 0.29) is 17.1 Å². The molecule has 2 rings (SSSR count). The monoisotopic (exact) mass is 299 g/mol. The summed E-state index contributed by atoms with van der Waals surface area (Å²) in [5.41, 5.74) is -0.550. The van der Waals surface area contributed by atoms with E-state index in [1.807, 2.05) is 0 Å². The lowest BCUT2D eigenvalue weighted by atomic mass is 10.2. The van der Waals surface area contributed by atoms with Crippen LogP contribution in [0.3, 0.4) is 0 Å². The molecule has 1 N–H and O–H groups in total. The van der Waals surface area contributed by atoms with Gasteiger partial charge in [-0.05, 0) is 13.8 Å². The summed E-state index contributed by atoms with van der Waals surface area (Å²) in [5.74, 6) is -0.683. The highest BCUT2D eigenvalue weighted by Crippen LogP contribution is 2.33. The maximum atomic E-state index is 12.7. The summed E-state index contributed by atoms with van der Waals surface area (Å²) in [6, 6.07) is 0. The molecule has 2 aromatic rings. The molecule has 0 aliphatic rings. The molecular formula is C12H12F3N5O. The number of alkyl halides is 3. The first kappa shape index (κ1) is 14.9. The van der Waals surface area contributed by atoms with Crippen molar-refractivity contribution in [2.24, 2.45) is 7.05 Å². The van der Waals surface area contributed by atoms with Gasteiger partial charge in [0.15, 0.2) is 5.69 Å². The number of halogens is 3. The largest absolute Gasteiger partial charge is 0.435 e. The molecule has 6 nitrogen and oxygen atoms in total. The van der Waals surface area contributed by atoms with Crippen LogP contribution >= 0.6 is 0 Å². The lowest BCUT2D eigenvalue weighted by molar-refractivity contribution is -0.141. The molecule has 0 fully saturated rings. The summed E-state index contributed by atoms with van der Waals surface area (Å²) in [6.07, 6.45) is -1.93. The van der Waals surface area contributed by atoms with E-state index in [1.54, 1.807) is 6.92 Å². The van der Waals surface area contributed by atoms with E-state index < -0.39 is 17.8 Å². The first-order valence-electron chi connectivity index (χ1n) is 5.91. The van der Waals surface area contributed by atoms with Gasteiger partial charge in [-0.15, -0.1) is 0 Å². The molecule has 0 spiro atoms. The van der Waals surface area contributed by atoms with Crippen molar-refractivity contribution in [2.45, 2.75) is 20.0 Å². The van der Waals surface area contributed by atoms with E-state index in [0.29, 0.717) is 5.69 Å². The summed E-state index contributed by atoms with van der Waals surface area (Å²) in [6.45, 7) is 2.95. The highest BCUT2D eigenvalue weighted by Gasteiger charge is 2.37. The number of aryl methyl sites for hydroxylation is 2. The van der Waals surface area contributed by atoms with Gasteiger partial charge in [-0.3, -0.25) is 14.5 Å². The second kappa shape index (κ2) is 5.15. The van der Waals surface area contributed by atoms with Crippen LogP contribution in [0.15, 0.2) is 12.4 Å². The molecule has 9 heteroatoms. The molecule has 112 valence electrons. The smallest absolute Gasteiger partial charge is 0.305 e. The van der Waals surface area contributed by atoms with Crippen LogP contribution in [-0.4, -0.2) is 25.7 Å². The van der Waals surface area contributed by atoms with Gasteiger partial charge in [-0.25, -0.2) is 4.98 Å². The average Bonchev–Trinajstić information content (AvgIpc) is 2.67. The maximum Gasteiger partial charge on any atom is 0.435 e. The number of rotatable bonds is 2. The first-order valence-corrected chi connectivity index (χ1v) is 5.91. The van der Waals surface area contributed by atoms with Gasteiger partial charge < -0.3 is 5.32 Å². The fourth-order valence-corrected chi connectivity index (χ4v) is 1.76. The Morgan fingerprint density at radius 3 is 2.38 bits per heavy atom. The Balaban J connectivity index is 2.30. The number of carbonyl (C=O) groups excluding carboxylic acids is 1. The molecule has 2 aromatic heterocycles. The number of carbonyl (C=O) groups is 1. The molecule has 0 saturated heterocycles. The van der Waals surface area contributed by atoms with Crippen molar-refractivity contribution in [3.8, 4) is 0 Å². The van der Waals surface area contributed by atoms with Crippen LogP contribution in [0.2, 0.25) is 0 Å². The minimum absolute atomic E-state index is 0.00904. The molecule has 0 bridgehead atoms. The van der Waals surface area contributed by atoms with E-state index >= 15 is 0 Å². The van der Waals surface area contributed by atoms with Crippen molar-refractivity contribution >= 4 is 11.7 Å². The zero-order chi connectivity index (χ0) is 15.8. The van der Waals surface area contributed by atoms with Crippen molar-refractivity contribution < 1.29 is 18.0 Å². The van der Waals surface area contributed by atoms with Crippen LogP contribution in [0.5, 0.6) is 0 Å². The molecule has 21 heavy (non-hydrogen) atoms. The summed E-state index contributed by atoms with van der Waals surface area (Å²) >= 11 is 0. The predicted molar refractivity (Wildman–Crippen MR) is 67.7 cm³/mol. The topological polar surface area (TPSA) is 72.7 Å². The molecular weight excluding hydrogens is 287 g/mol. The summed E-state index contributed by atoms with van der Waals surface area (Å²) in [4.78, 5) is 19.7. The van der Waals surface area contributed by atoms with Crippen LogP contribution in [0.1, 0.15) is 27.4 Å². The molecule has 0 aliphatic carbocycles. The fraction of sp³-hybridized carbons (Fsp3) is 0.333. The highest BCUT2D eigenvalue weighted by atomic mass is 19.4. The van der Waals surface area contributed by atoms with Crippen molar-refractivity contribution in [3.63, 3.8) is 0 Å². The summed E-state index contributed by atoms with van der Waals surface area (Å²) in [5, 5.41) is 5.75. The van der Waals surface area contributed by atoms with E-state index in [1.165, 1.54) is 26.4 Å². The lowest BCUT2D eigenvalue weighted by Crippen LogP contribution is -2.17. The van der Waals surface area contributed by atoms with Crippen LogP contribution in [0, 0.1) is 13.8 Å². The molecule has 0 aliphatic heterocycles. The van der Waals surface area contributed by atoms with Gasteiger partial charge >= 0.3 is 6.18 Å². The third-order valence-electron chi connectivity index (χ3n) is 2.80. The molecule has 0 aromatic carbocycles. The van der Waals surface area contributed by atoms with Crippen LogP contribution < -0.4 is 5.32 Å². The van der Waals surface area contributed by atoms with Crippen LogP contribution in [0.25, 0.3) is 0 Å². The van der Waals surface area contributed by atoms with Crippen molar-refractivity contribution in [1.29, 1.82) is 0 Å². The second-order valence-electron chi connectivity index (χ2n) is 4.44. The lowest BCUT2D eigenvalue weighted by Gasteiger charge is -2.06. The van der Waals surface area contributed by atoms with Gasteiger partial charge in [0.1, 0.15) is 11.5 Å². The van der Waals surface area contributed by atoms with Gasteiger partial charge in [0.25, 0.3) is 5.91 Å². The van der Waals surface area contributed by atoms with Gasteiger partial charge in [-0.1, -0.05) is 0 Å². The minimum atomic E-state index is -4.57. The Morgan fingerprint density at radius 1 is 1.24 bits per heavy atom. The number of nitrogens with one attached hydrogen (secondary N) is 1. The number of aromatic nitrogens is 4. The predicted octanol–water partition coefficient (Wildman–Crippen LogP) is 2.10. The van der Waals surface area contributed by atoms with E-state index in [9.17, 15) is 18.0 Å². The standard InChI is InChI=1S/C12H12F3N5O/c1-6-4-17-8(5-16-6)11(21)18-10-7(2)9(12(13,14)15)19-20(10)3/h4-5H,1-3H3,(H,18,21). The van der Waals surface area contributed by atoms with Crippen molar-refractivity contribution in [1.82, 2.24) is 19.7 Å². The normalized spacial score (nSPS) is 11.5. The first-order chi connectivity index (χ1) is 9.70. The third kappa shape index (κ3) is 3.01. The molecule has 0 saturated carbocycles. The zero-order valence-electron chi connectivity index (χ0n) is 11.5. The van der Waals surface area contributed by atoms with E-state index in [4.69, 9.17) is 0 Å². The summed E-state index contributed by atoms with van der Waals surface area (Å²) < 4.78 is 39.2. The number of hydrogen-bond acceptors (Lipinski definition) is 4. The Labute approximate surface area is 118 Å². The van der Waals surface area contributed by atoms with Gasteiger partial charge in [0, 0.05) is 18.8 Å². The zero-order valence-corrected chi connectivity index (χ0v) is 11.5. The molecule has 1 amide bonds. The third-order valence-corrected chi connectivity index (χ3v) is 2.80. The van der Waals surface area contributed by atoms with Gasteiger partial charge in [0.05, 0.1) is 11.9 Å². The number of nitrogens with zero attached hydrogens (tertiary/aromatic N) is 4. The molecule has 2 heterocycles. The van der Waals surface area contributed by atoms with E-state index in [2.05, 4.69) is 20.4 Å². The van der Waals surface area contributed by atoms with Crippen molar-refractivity contribution in [3.05, 3.63) is 35.0 Å². The Kier molecular flexibility index (Phi) is 3.67. The number of hydrogen-bond donors (Lipinski definition) is 1. The Bertz CT molecular complexity index is 675. The number of amides is 1. The highest BCUT2D eigenvalue weighted by molar-refractivity contribution is 6.02. The van der Waals surface area contributed by atoms with Crippen LogP contribution in [-0.2, 0) is 13.2 Å². The summed E-state index contributed by atoms with van der Waals surface area (Å²) in [7, 11) is 1.32. The van der Waals surface area contributed by atoms with Gasteiger partial charge in [-0.2, -0.15) is 18.3 Å². The van der Waals surface area contributed by atoms with E-state index in [0.717, 1.165) is 4.68 Å². The molecule has 0 atom stereocenters. The fourth-order valence-electron chi connectivity index (χ4n) is 1.76.